The van der Waals surface area contributed by atoms with Crippen LogP contribution in [0, 0.1) is 0 Å². The van der Waals surface area contributed by atoms with Crippen LogP contribution in [0.15, 0.2) is 44.2 Å². The van der Waals surface area contributed by atoms with Gasteiger partial charge in [-0.2, -0.15) is 0 Å². The molecule has 0 unspecified atom stereocenters. The molecule has 3 nitrogen and oxygen atoms in total. The summed E-state index contributed by atoms with van der Waals surface area (Å²) in [6, 6.07) is 3.93. The van der Waals surface area contributed by atoms with Gasteiger partial charge in [0.15, 0.2) is 0 Å². The second-order valence-electron chi connectivity index (χ2n) is 3.32. The topological polar surface area (TPSA) is 38.1 Å². The van der Waals surface area contributed by atoms with Gasteiger partial charge in [0, 0.05) is 33.8 Å². The fourth-order valence-corrected chi connectivity index (χ4v) is 2.42. The standard InChI is InChI=1S/C11H10Br2N2O/c12-9-3-10(13)11(15-5-9)6-14-4-8-1-2-16-7-8/h1-3,5,7,14H,4,6H2. The van der Waals surface area contributed by atoms with Crippen LogP contribution in [0.5, 0.6) is 0 Å². The number of rotatable bonds is 4. The summed E-state index contributed by atoms with van der Waals surface area (Å²) in [5, 5.41) is 3.30. The van der Waals surface area contributed by atoms with Crippen LogP contribution in [-0.4, -0.2) is 4.98 Å². The highest BCUT2D eigenvalue weighted by Gasteiger charge is 2.02. The fourth-order valence-electron chi connectivity index (χ4n) is 1.29. The number of nitrogens with one attached hydrogen (secondary N) is 1. The minimum Gasteiger partial charge on any atom is -0.472 e. The molecule has 0 bridgehead atoms. The van der Waals surface area contributed by atoms with E-state index in [4.69, 9.17) is 4.42 Å². The molecule has 2 aromatic rings. The molecule has 2 aromatic heterocycles. The second kappa shape index (κ2) is 5.61. The van der Waals surface area contributed by atoms with Crippen molar-refractivity contribution in [3.05, 3.63) is 51.1 Å². The number of furan rings is 1. The Morgan fingerprint density at radius 3 is 2.88 bits per heavy atom. The first-order chi connectivity index (χ1) is 7.75. The maximum absolute atomic E-state index is 4.99. The Morgan fingerprint density at radius 2 is 2.19 bits per heavy atom. The first-order valence-electron chi connectivity index (χ1n) is 4.77. The van der Waals surface area contributed by atoms with Crippen LogP contribution in [0.25, 0.3) is 0 Å². The van der Waals surface area contributed by atoms with Crippen molar-refractivity contribution in [2.75, 3.05) is 0 Å². The highest BCUT2D eigenvalue weighted by Crippen LogP contribution is 2.19. The average molecular weight is 346 g/mol. The van der Waals surface area contributed by atoms with E-state index in [1.165, 1.54) is 0 Å². The lowest BCUT2D eigenvalue weighted by atomic mass is 10.3. The molecule has 0 aliphatic heterocycles. The summed E-state index contributed by atoms with van der Waals surface area (Å²) in [6.45, 7) is 1.50. The largest absolute Gasteiger partial charge is 0.472 e. The van der Waals surface area contributed by atoms with Gasteiger partial charge in [0.25, 0.3) is 0 Å². The van der Waals surface area contributed by atoms with E-state index in [2.05, 4.69) is 42.2 Å². The van der Waals surface area contributed by atoms with Gasteiger partial charge < -0.3 is 9.73 Å². The van der Waals surface area contributed by atoms with E-state index in [9.17, 15) is 0 Å². The number of hydrogen-bond acceptors (Lipinski definition) is 3. The van der Waals surface area contributed by atoms with Gasteiger partial charge in [-0.3, -0.25) is 4.98 Å². The molecule has 2 rings (SSSR count). The molecule has 16 heavy (non-hydrogen) atoms. The monoisotopic (exact) mass is 344 g/mol. The van der Waals surface area contributed by atoms with Gasteiger partial charge in [-0.25, -0.2) is 0 Å². The van der Waals surface area contributed by atoms with Crippen LogP contribution >= 0.6 is 31.9 Å². The van der Waals surface area contributed by atoms with Crippen molar-refractivity contribution in [2.45, 2.75) is 13.1 Å². The Bertz CT molecular complexity index is 457. The second-order valence-corrected chi connectivity index (χ2v) is 5.09. The van der Waals surface area contributed by atoms with Gasteiger partial charge in [-0.1, -0.05) is 0 Å². The van der Waals surface area contributed by atoms with Gasteiger partial charge in [-0.05, 0) is 44.0 Å². The minimum atomic E-state index is 0.721. The van der Waals surface area contributed by atoms with Crippen LogP contribution in [0.1, 0.15) is 11.3 Å². The first kappa shape index (κ1) is 11.8. The Kier molecular flexibility index (Phi) is 4.15. The number of aromatic nitrogens is 1. The third-order valence-electron chi connectivity index (χ3n) is 2.09. The maximum atomic E-state index is 4.99. The molecule has 2 heterocycles. The van der Waals surface area contributed by atoms with Gasteiger partial charge in [-0.15, -0.1) is 0 Å². The van der Waals surface area contributed by atoms with Crippen molar-refractivity contribution >= 4 is 31.9 Å². The van der Waals surface area contributed by atoms with Crippen LogP contribution in [0.3, 0.4) is 0 Å². The predicted molar refractivity (Wildman–Crippen MR) is 68.9 cm³/mol. The zero-order chi connectivity index (χ0) is 11.4. The van der Waals surface area contributed by atoms with Crippen LogP contribution in [-0.2, 0) is 13.1 Å². The first-order valence-corrected chi connectivity index (χ1v) is 6.36. The summed E-state index contributed by atoms with van der Waals surface area (Å²) in [5.74, 6) is 0. The summed E-state index contributed by atoms with van der Waals surface area (Å²) in [7, 11) is 0. The molecule has 0 fully saturated rings. The SMILES string of the molecule is Brc1cnc(CNCc2ccoc2)c(Br)c1. The Labute approximate surface area is 111 Å². The lowest BCUT2D eigenvalue weighted by Crippen LogP contribution is -2.13. The Morgan fingerprint density at radius 1 is 1.31 bits per heavy atom. The Hall–Kier alpha value is -0.650. The normalized spacial score (nSPS) is 10.6. The van der Waals surface area contributed by atoms with Gasteiger partial charge in [0.2, 0.25) is 0 Å². The highest BCUT2D eigenvalue weighted by atomic mass is 79.9. The molecule has 1 N–H and O–H groups in total. The molecule has 0 aromatic carbocycles. The molecule has 0 spiro atoms. The molecule has 0 amide bonds. The number of halogens is 2. The average Bonchev–Trinajstić information content (AvgIpc) is 2.74. The molecule has 0 atom stereocenters. The molecule has 0 aliphatic rings. The molecule has 84 valence electrons. The minimum absolute atomic E-state index is 0.721. The van der Waals surface area contributed by atoms with Crippen LogP contribution < -0.4 is 5.32 Å². The molecule has 0 saturated heterocycles. The van der Waals surface area contributed by atoms with E-state index >= 15 is 0 Å². The number of hydrogen-bond donors (Lipinski definition) is 1. The van der Waals surface area contributed by atoms with E-state index in [0.717, 1.165) is 33.3 Å². The van der Waals surface area contributed by atoms with E-state index in [0.29, 0.717) is 0 Å². The van der Waals surface area contributed by atoms with Crippen LogP contribution in [0.2, 0.25) is 0 Å². The van der Waals surface area contributed by atoms with Crippen molar-refractivity contribution in [3.8, 4) is 0 Å². The fraction of sp³-hybridized carbons (Fsp3) is 0.182. The van der Waals surface area contributed by atoms with Crippen molar-refractivity contribution in [3.63, 3.8) is 0 Å². The molecule has 0 radical (unpaired) electrons. The molecular weight excluding hydrogens is 336 g/mol. The van der Waals surface area contributed by atoms with Crippen LogP contribution in [0.4, 0.5) is 0 Å². The van der Waals surface area contributed by atoms with Crippen molar-refractivity contribution in [1.82, 2.24) is 10.3 Å². The lowest BCUT2D eigenvalue weighted by molar-refractivity contribution is 0.560. The van der Waals surface area contributed by atoms with E-state index in [1.54, 1.807) is 18.7 Å². The number of pyridine rings is 1. The summed E-state index contributed by atoms with van der Waals surface area (Å²) in [5.41, 5.74) is 2.12. The molecular formula is C11H10Br2N2O. The van der Waals surface area contributed by atoms with Crippen molar-refractivity contribution < 1.29 is 4.42 Å². The summed E-state index contributed by atoms with van der Waals surface area (Å²) in [4.78, 5) is 4.32. The van der Waals surface area contributed by atoms with Gasteiger partial charge in [0.1, 0.15) is 0 Å². The zero-order valence-electron chi connectivity index (χ0n) is 8.41. The van der Waals surface area contributed by atoms with E-state index < -0.39 is 0 Å². The smallest absolute Gasteiger partial charge is 0.0947 e. The van der Waals surface area contributed by atoms with E-state index in [-0.39, 0.29) is 0 Å². The Balaban J connectivity index is 1.90. The zero-order valence-corrected chi connectivity index (χ0v) is 11.6. The molecule has 0 saturated carbocycles. The van der Waals surface area contributed by atoms with Crippen molar-refractivity contribution in [1.29, 1.82) is 0 Å². The third-order valence-corrected chi connectivity index (χ3v) is 3.21. The van der Waals surface area contributed by atoms with E-state index in [1.807, 2.05) is 12.1 Å². The number of nitrogens with zero attached hydrogens (tertiary/aromatic N) is 1. The quantitative estimate of drug-likeness (QED) is 0.921. The van der Waals surface area contributed by atoms with Crippen molar-refractivity contribution in [2.24, 2.45) is 0 Å². The highest BCUT2D eigenvalue weighted by molar-refractivity contribution is 9.11. The summed E-state index contributed by atoms with van der Waals surface area (Å²) in [6.07, 6.45) is 5.20. The lowest BCUT2D eigenvalue weighted by Gasteiger charge is -2.05. The summed E-state index contributed by atoms with van der Waals surface area (Å²) < 4.78 is 6.96. The summed E-state index contributed by atoms with van der Waals surface area (Å²) >= 11 is 6.85. The van der Waals surface area contributed by atoms with Gasteiger partial charge in [0.05, 0.1) is 18.2 Å². The third kappa shape index (κ3) is 3.17. The molecule has 5 heteroatoms. The van der Waals surface area contributed by atoms with Gasteiger partial charge >= 0.3 is 0 Å². The maximum Gasteiger partial charge on any atom is 0.0947 e. The molecule has 0 aliphatic carbocycles. The predicted octanol–water partition coefficient (Wildman–Crippen LogP) is 3.49.